The normalized spacial score (nSPS) is 13.4. The number of carbonyl (C=O) groups is 2. The molecular formula is C22H25NO5S. The largest absolute Gasteiger partial charge is 0.486 e. The van der Waals surface area contributed by atoms with Gasteiger partial charge in [0.15, 0.2) is 18.1 Å². The van der Waals surface area contributed by atoms with E-state index >= 15 is 0 Å². The maximum atomic E-state index is 12.1. The smallest absolute Gasteiger partial charge is 0.307 e. The van der Waals surface area contributed by atoms with Gasteiger partial charge < -0.3 is 19.5 Å². The predicted octanol–water partition coefficient (Wildman–Crippen LogP) is 3.67. The van der Waals surface area contributed by atoms with Crippen molar-refractivity contribution < 1.29 is 23.8 Å². The van der Waals surface area contributed by atoms with Crippen LogP contribution in [0.1, 0.15) is 30.5 Å². The SMILES string of the molecule is Cc1ccc(SCCC(=O)OCC(=O)NC(C)c2ccc3c(c2)OCCO3)cc1. The van der Waals surface area contributed by atoms with E-state index in [0.29, 0.717) is 30.5 Å². The molecule has 1 atom stereocenters. The minimum atomic E-state index is -0.383. The zero-order valence-electron chi connectivity index (χ0n) is 16.6. The van der Waals surface area contributed by atoms with Crippen molar-refractivity contribution in [3.05, 3.63) is 53.6 Å². The second kappa shape index (κ2) is 10.2. The van der Waals surface area contributed by atoms with Crippen LogP contribution in [0.25, 0.3) is 0 Å². The lowest BCUT2D eigenvalue weighted by Gasteiger charge is -2.21. The highest BCUT2D eigenvalue weighted by Gasteiger charge is 2.16. The van der Waals surface area contributed by atoms with Gasteiger partial charge in [-0.05, 0) is 43.7 Å². The van der Waals surface area contributed by atoms with Crippen LogP contribution in [0, 0.1) is 6.92 Å². The molecule has 0 spiro atoms. The van der Waals surface area contributed by atoms with E-state index in [0.717, 1.165) is 10.5 Å². The molecule has 0 bridgehead atoms. The van der Waals surface area contributed by atoms with Gasteiger partial charge >= 0.3 is 5.97 Å². The molecule has 7 heteroatoms. The van der Waals surface area contributed by atoms with Gasteiger partial charge in [0.1, 0.15) is 13.2 Å². The molecule has 2 aromatic carbocycles. The van der Waals surface area contributed by atoms with Crippen molar-refractivity contribution in [2.24, 2.45) is 0 Å². The highest BCUT2D eigenvalue weighted by Crippen LogP contribution is 2.32. The van der Waals surface area contributed by atoms with E-state index in [-0.39, 0.29) is 30.9 Å². The number of aryl methyl sites for hydroxylation is 1. The average Bonchev–Trinajstić information content (AvgIpc) is 2.73. The molecule has 0 saturated heterocycles. The predicted molar refractivity (Wildman–Crippen MR) is 111 cm³/mol. The van der Waals surface area contributed by atoms with Gasteiger partial charge in [-0.25, -0.2) is 0 Å². The number of fused-ring (bicyclic) bond motifs is 1. The van der Waals surface area contributed by atoms with Crippen LogP contribution in [0.4, 0.5) is 0 Å². The third kappa shape index (κ3) is 6.42. The Labute approximate surface area is 174 Å². The molecule has 0 saturated carbocycles. The van der Waals surface area contributed by atoms with E-state index in [4.69, 9.17) is 14.2 Å². The van der Waals surface area contributed by atoms with Crippen LogP contribution < -0.4 is 14.8 Å². The number of hydrogen-bond acceptors (Lipinski definition) is 6. The molecule has 0 aromatic heterocycles. The van der Waals surface area contributed by atoms with E-state index in [9.17, 15) is 9.59 Å². The zero-order valence-corrected chi connectivity index (χ0v) is 17.4. The van der Waals surface area contributed by atoms with Crippen molar-refractivity contribution >= 4 is 23.6 Å². The van der Waals surface area contributed by atoms with Gasteiger partial charge in [0, 0.05) is 10.6 Å². The van der Waals surface area contributed by atoms with Crippen molar-refractivity contribution in [3.8, 4) is 11.5 Å². The Morgan fingerprint density at radius 3 is 2.59 bits per heavy atom. The lowest BCUT2D eigenvalue weighted by atomic mass is 10.1. The van der Waals surface area contributed by atoms with Gasteiger partial charge in [-0.3, -0.25) is 9.59 Å². The third-order valence-corrected chi connectivity index (χ3v) is 5.42. The molecule has 0 fully saturated rings. The summed E-state index contributed by atoms with van der Waals surface area (Å²) in [4.78, 5) is 25.1. The first kappa shape index (κ1) is 21.0. The van der Waals surface area contributed by atoms with Crippen molar-refractivity contribution in [3.63, 3.8) is 0 Å². The van der Waals surface area contributed by atoms with E-state index in [1.807, 2.05) is 56.3 Å². The summed E-state index contributed by atoms with van der Waals surface area (Å²) in [6.45, 7) is 4.65. The molecule has 1 heterocycles. The van der Waals surface area contributed by atoms with Crippen LogP contribution in [-0.4, -0.2) is 37.4 Å². The molecule has 154 valence electrons. The summed E-state index contributed by atoms with van der Waals surface area (Å²) >= 11 is 1.59. The Balaban J connectivity index is 1.37. The van der Waals surface area contributed by atoms with Crippen molar-refractivity contribution in [1.29, 1.82) is 0 Å². The van der Waals surface area contributed by atoms with Crippen LogP contribution in [0.5, 0.6) is 11.5 Å². The maximum Gasteiger partial charge on any atom is 0.307 e. The topological polar surface area (TPSA) is 73.9 Å². The summed E-state index contributed by atoms with van der Waals surface area (Å²) in [5, 5.41) is 2.83. The number of nitrogens with one attached hydrogen (secondary N) is 1. The Bertz CT molecular complexity index is 853. The third-order valence-electron chi connectivity index (χ3n) is 4.40. The second-order valence-electron chi connectivity index (χ2n) is 6.76. The highest BCUT2D eigenvalue weighted by atomic mass is 32.2. The summed E-state index contributed by atoms with van der Waals surface area (Å²) < 4.78 is 16.1. The van der Waals surface area contributed by atoms with Crippen LogP contribution in [0.2, 0.25) is 0 Å². The van der Waals surface area contributed by atoms with Gasteiger partial charge in [-0.2, -0.15) is 0 Å². The van der Waals surface area contributed by atoms with Crippen molar-refractivity contribution in [2.45, 2.75) is 31.2 Å². The number of thioether (sulfide) groups is 1. The van der Waals surface area contributed by atoms with Crippen molar-refractivity contribution in [2.75, 3.05) is 25.6 Å². The minimum Gasteiger partial charge on any atom is -0.486 e. The number of esters is 1. The van der Waals surface area contributed by atoms with Gasteiger partial charge in [-0.1, -0.05) is 23.8 Å². The van der Waals surface area contributed by atoms with Gasteiger partial charge in [0.2, 0.25) is 0 Å². The van der Waals surface area contributed by atoms with E-state index in [1.165, 1.54) is 5.56 Å². The molecule has 1 aliphatic heterocycles. The number of amides is 1. The van der Waals surface area contributed by atoms with Gasteiger partial charge in [-0.15, -0.1) is 11.8 Å². The molecule has 3 rings (SSSR count). The van der Waals surface area contributed by atoms with Gasteiger partial charge in [0.05, 0.1) is 12.5 Å². The highest BCUT2D eigenvalue weighted by molar-refractivity contribution is 7.99. The fraction of sp³-hybridized carbons (Fsp3) is 0.364. The number of rotatable bonds is 8. The number of ether oxygens (including phenoxy) is 3. The molecule has 0 radical (unpaired) electrons. The van der Waals surface area contributed by atoms with Gasteiger partial charge in [0.25, 0.3) is 5.91 Å². The first-order valence-electron chi connectivity index (χ1n) is 9.55. The monoisotopic (exact) mass is 415 g/mol. The average molecular weight is 416 g/mol. The van der Waals surface area contributed by atoms with E-state index in [2.05, 4.69) is 5.32 Å². The summed E-state index contributed by atoms with van der Waals surface area (Å²) in [7, 11) is 0. The van der Waals surface area contributed by atoms with E-state index < -0.39 is 0 Å². The standard InChI is InChI=1S/C22H25NO5S/c1-15-3-6-18(7-4-15)29-12-9-22(25)28-14-21(24)23-16(2)17-5-8-19-20(13-17)27-11-10-26-19/h3-8,13,16H,9-12,14H2,1-2H3,(H,23,24). The fourth-order valence-corrected chi connectivity index (χ4v) is 3.63. The lowest BCUT2D eigenvalue weighted by Crippen LogP contribution is -2.31. The Morgan fingerprint density at radius 1 is 1.10 bits per heavy atom. The second-order valence-corrected chi connectivity index (χ2v) is 7.93. The van der Waals surface area contributed by atoms with E-state index in [1.54, 1.807) is 11.8 Å². The maximum absolute atomic E-state index is 12.1. The fourth-order valence-electron chi connectivity index (χ4n) is 2.80. The molecular weight excluding hydrogens is 390 g/mol. The molecule has 29 heavy (non-hydrogen) atoms. The molecule has 2 aromatic rings. The summed E-state index contributed by atoms with van der Waals surface area (Å²) in [6, 6.07) is 13.4. The molecule has 1 aliphatic rings. The van der Waals surface area contributed by atoms with Crippen molar-refractivity contribution in [1.82, 2.24) is 5.32 Å². The first-order chi connectivity index (χ1) is 14.0. The molecule has 1 amide bonds. The number of hydrogen-bond donors (Lipinski definition) is 1. The summed E-state index contributed by atoms with van der Waals surface area (Å²) in [5.74, 6) is 1.26. The summed E-state index contributed by atoms with van der Waals surface area (Å²) in [6.07, 6.45) is 0.254. The quantitative estimate of drug-likeness (QED) is 0.524. The summed E-state index contributed by atoms with van der Waals surface area (Å²) in [5.41, 5.74) is 2.09. The number of carbonyl (C=O) groups excluding carboxylic acids is 2. The van der Waals surface area contributed by atoms with Crippen LogP contribution in [-0.2, 0) is 14.3 Å². The Kier molecular flexibility index (Phi) is 7.41. The first-order valence-corrected chi connectivity index (χ1v) is 10.5. The van der Waals surface area contributed by atoms with Crippen LogP contribution in [0.15, 0.2) is 47.4 Å². The Morgan fingerprint density at radius 2 is 1.83 bits per heavy atom. The van der Waals surface area contributed by atoms with Crippen LogP contribution in [0.3, 0.4) is 0 Å². The lowest BCUT2D eigenvalue weighted by molar-refractivity contribution is -0.148. The zero-order chi connectivity index (χ0) is 20.6. The minimum absolute atomic E-state index is 0.242. The molecule has 0 aliphatic carbocycles. The molecule has 6 nitrogen and oxygen atoms in total. The Hall–Kier alpha value is -2.67. The van der Waals surface area contributed by atoms with Crippen LogP contribution >= 0.6 is 11.8 Å². The number of benzene rings is 2. The molecule has 1 unspecified atom stereocenters. The molecule has 1 N–H and O–H groups in total.